The van der Waals surface area contributed by atoms with E-state index in [1.807, 2.05) is 4.68 Å². The summed E-state index contributed by atoms with van der Waals surface area (Å²) in [6.45, 7) is 1.10. The van der Waals surface area contributed by atoms with Gasteiger partial charge >= 0.3 is 0 Å². The Labute approximate surface area is 76.5 Å². The summed E-state index contributed by atoms with van der Waals surface area (Å²) in [6, 6.07) is 0.989. The molecule has 1 aliphatic carbocycles. The number of nitrogens with one attached hydrogen (secondary N) is 1. The average molecular weight is 179 g/mol. The van der Waals surface area contributed by atoms with Crippen molar-refractivity contribution in [1.82, 2.24) is 25.5 Å². The first-order valence-electron chi connectivity index (χ1n) is 4.96. The molecule has 5 heteroatoms. The molecule has 1 aromatic heterocycles. The van der Waals surface area contributed by atoms with Crippen LogP contribution in [-0.4, -0.2) is 26.8 Å². The first kappa shape index (κ1) is 7.44. The van der Waals surface area contributed by atoms with E-state index in [1.54, 1.807) is 0 Å². The van der Waals surface area contributed by atoms with E-state index in [4.69, 9.17) is 0 Å². The summed E-state index contributed by atoms with van der Waals surface area (Å²) in [5, 5.41) is 15.3. The van der Waals surface area contributed by atoms with Gasteiger partial charge in [0.1, 0.15) is 0 Å². The van der Waals surface area contributed by atoms with Crippen molar-refractivity contribution in [3.05, 3.63) is 5.82 Å². The number of rotatable bonds is 2. The molecular formula is C8H13N5. The fourth-order valence-electron chi connectivity index (χ4n) is 1.91. The van der Waals surface area contributed by atoms with E-state index < -0.39 is 0 Å². The van der Waals surface area contributed by atoms with E-state index in [0.29, 0.717) is 12.1 Å². The molecule has 70 valence electrons. The molecule has 3 rings (SSSR count). The van der Waals surface area contributed by atoms with Gasteiger partial charge in [0.2, 0.25) is 0 Å². The van der Waals surface area contributed by atoms with Crippen LogP contribution < -0.4 is 5.32 Å². The second kappa shape index (κ2) is 2.77. The van der Waals surface area contributed by atoms with Crippen molar-refractivity contribution in [2.24, 2.45) is 0 Å². The highest BCUT2D eigenvalue weighted by atomic mass is 15.6. The summed E-state index contributed by atoms with van der Waals surface area (Å²) in [5.74, 6) is 1.04. The van der Waals surface area contributed by atoms with Crippen molar-refractivity contribution in [3.8, 4) is 0 Å². The van der Waals surface area contributed by atoms with E-state index in [-0.39, 0.29) is 0 Å². The molecule has 0 aromatic carbocycles. The van der Waals surface area contributed by atoms with Crippen molar-refractivity contribution in [3.63, 3.8) is 0 Å². The van der Waals surface area contributed by atoms with Crippen LogP contribution in [0.4, 0.5) is 0 Å². The van der Waals surface area contributed by atoms with Crippen molar-refractivity contribution < 1.29 is 0 Å². The number of tetrazole rings is 1. The van der Waals surface area contributed by atoms with Crippen LogP contribution in [-0.2, 0) is 0 Å². The molecule has 1 aromatic rings. The summed E-state index contributed by atoms with van der Waals surface area (Å²) >= 11 is 0. The van der Waals surface area contributed by atoms with Gasteiger partial charge in [-0.2, -0.15) is 0 Å². The molecule has 1 saturated carbocycles. The average Bonchev–Trinajstić information content (AvgIpc) is 2.72. The Morgan fingerprint density at radius 1 is 1.31 bits per heavy atom. The van der Waals surface area contributed by atoms with Crippen molar-refractivity contribution in [2.75, 3.05) is 6.54 Å². The molecule has 13 heavy (non-hydrogen) atoms. The number of aromatic nitrogens is 4. The Bertz CT molecular complexity index is 297. The molecule has 2 heterocycles. The maximum atomic E-state index is 4.10. The lowest BCUT2D eigenvalue weighted by atomic mass is 10.2. The fraction of sp³-hybridized carbons (Fsp3) is 0.875. The molecule has 1 atom stereocenters. The Balaban J connectivity index is 1.88. The van der Waals surface area contributed by atoms with Crippen LogP contribution >= 0.6 is 0 Å². The van der Waals surface area contributed by atoms with E-state index in [0.717, 1.165) is 12.4 Å². The first-order valence-corrected chi connectivity index (χ1v) is 4.96. The standard InChI is InChI=1S/C8H13N5/c1-2-7(9-5-1)8-10-11-12-13(8)6-3-4-6/h6-7,9H,1-5H2. The third-order valence-electron chi connectivity index (χ3n) is 2.78. The van der Waals surface area contributed by atoms with Crippen LogP contribution in [0.15, 0.2) is 0 Å². The van der Waals surface area contributed by atoms with Gasteiger partial charge in [-0.25, -0.2) is 4.68 Å². The summed E-state index contributed by atoms with van der Waals surface area (Å²) in [5.41, 5.74) is 0. The molecule has 1 aliphatic heterocycles. The maximum Gasteiger partial charge on any atom is 0.168 e. The van der Waals surface area contributed by atoms with Gasteiger partial charge in [-0.3, -0.25) is 0 Å². The topological polar surface area (TPSA) is 55.6 Å². The van der Waals surface area contributed by atoms with Gasteiger partial charge in [-0.1, -0.05) is 0 Å². The molecule has 1 saturated heterocycles. The van der Waals surface area contributed by atoms with Crippen molar-refractivity contribution >= 4 is 0 Å². The third-order valence-corrected chi connectivity index (χ3v) is 2.78. The Hall–Kier alpha value is -0.970. The van der Waals surface area contributed by atoms with E-state index in [9.17, 15) is 0 Å². The predicted molar refractivity (Wildman–Crippen MR) is 46.1 cm³/mol. The largest absolute Gasteiger partial charge is 0.307 e. The van der Waals surface area contributed by atoms with Crippen LogP contribution in [0.2, 0.25) is 0 Å². The Kier molecular flexibility index (Phi) is 1.58. The van der Waals surface area contributed by atoms with Crippen LogP contribution in [0.1, 0.15) is 43.6 Å². The zero-order valence-corrected chi connectivity index (χ0v) is 7.48. The molecule has 1 N–H and O–H groups in total. The van der Waals surface area contributed by atoms with Crippen LogP contribution in [0.25, 0.3) is 0 Å². The molecule has 5 nitrogen and oxygen atoms in total. The highest BCUT2D eigenvalue weighted by molar-refractivity contribution is 4.99. The minimum absolute atomic E-state index is 0.399. The van der Waals surface area contributed by atoms with E-state index in [1.165, 1.54) is 25.7 Å². The number of hydrogen-bond donors (Lipinski definition) is 1. The zero-order chi connectivity index (χ0) is 8.67. The quantitative estimate of drug-likeness (QED) is 0.715. The summed E-state index contributed by atoms with van der Waals surface area (Å²) in [7, 11) is 0. The molecule has 0 radical (unpaired) electrons. The minimum atomic E-state index is 0.399. The van der Waals surface area contributed by atoms with Gasteiger partial charge in [0.15, 0.2) is 5.82 Å². The highest BCUT2D eigenvalue weighted by Crippen LogP contribution is 2.36. The number of nitrogens with zero attached hydrogens (tertiary/aromatic N) is 4. The Morgan fingerprint density at radius 2 is 2.23 bits per heavy atom. The highest BCUT2D eigenvalue weighted by Gasteiger charge is 2.31. The molecule has 0 spiro atoms. The smallest absolute Gasteiger partial charge is 0.168 e. The van der Waals surface area contributed by atoms with Gasteiger partial charge in [0.05, 0.1) is 12.1 Å². The Morgan fingerprint density at radius 3 is 2.92 bits per heavy atom. The molecular weight excluding hydrogens is 166 g/mol. The van der Waals surface area contributed by atoms with Crippen LogP contribution in [0, 0.1) is 0 Å². The lowest BCUT2D eigenvalue weighted by molar-refractivity contribution is 0.517. The monoisotopic (exact) mass is 179 g/mol. The zero-order valence-electron chi connectivity index (χ0n) is 7.48. The molecule has 2 fully saturated rings. The third kappa shape index (κ3) is 1.23. The molecule has 1 unspecified atom stereocenters. The normalized spacial score (nSPS) is 28.2. The van der Waals surface area contributed by atoms with Gasteiger partial charge in [0, 0.05) is 0 Å². The minimum Gasteiger partial charge on any atom is -0.307 e. The SMILES string of the molecule is C1CNC(c2nnnn2C2CC2)C1. The first-order chi connectivity index (χ1) is 6.45. The van der Waals surface area contributed by atoms with Gasteiger partial charge < -0.3 is 5.32 Å². The van der Waals surface area contributed by atoms with E-state index in [2.05, 4.69) is 20.8 Å². The lowest BCUT2D eigenvalue weighted by Gasteiger charge is -2.08. The predicted octanol–water partition coefficient (Wildman–Crippen LogP) is 0.432. The molecule has 0 amide bonds. The molecule has 2 aliphatic rings. The second-order valence-electron chi connectivity index (χ2n) is 3.86. The molecule has 0 bridgehead atoms. The van der Waals surface area contributed by atoms with Crippen molar-refractivity contribution in [2.45, 2.75) is 37.8 Å². The van der Waals surface area contributed by atoms with Crippen LogP contribution in [0.5, 0.6) is 0 Å². The van der Waals surface area contributed by atoms with Crippen molar-refractivity contribution in [1.29, 1.82) is 0 Å². The van der Waals surface area contributed by atoms with Gasteiger partial charge in [0.25, 0.3) is 0 Å². The maximum absolute atomic E-state index is 4.10. The summed E-state index contributed by atoms with van der Waals surface area (Å²) in [6.07, 6.45) is 4.89. The van der Waals surface area contributed by atoms with Gasteiger partial charge in [-0.05, 0) is 42.7 Å². The lowest BCUT2D eigenvalue weighted by Crippen LogP contribution is -2.18. The summed E-state index contributed by atoms with van der Waals surface area (Å²) in [4.78, 5) is 0. The number of hydrogen-bond acceptors (Lipinski definition) is 4. The van der Waals surface area contributed by atoms with Gasteiger partial charge in [-0.15, -0.1) is 5.10 Å². The summed E-state index contributed by atoms with van der Waals surface area (Å²) < 4.78 is 2.00. The van der Waals surface area contributed by atoms with E-state index >= 15 is 0 Å². The fourth-order valence-corrected chi connectivity index (χ4v) is 1.91. The second-order valence-corrected chi connectivity index (χ2v) is 3.86. The van der Waals surface area contributed by atoms with Crippen LogP contribution in [0.3, 0.4) is 0 Å².